The van der Waals surface area contributed by atoms with Crippen LogP contribution < -0.4 is 11.1 Å². The fourth-order valence-corrected chi connectivity index (χ4v) is 1.22. The summed E-state index contributed by atoms with van der Waals surface area (Å²) in [7, 11) is 0. The van der Waals surface area contributed by atoms with Crippen LogP contribution in [-0.2, 0) is 14.3 Å². The van der Waals surface area contributed by atoms with E-state index in [1.165, 1.54) is 0 Å². The van der Waals surface area contributed by atoms with Crippen LogP contribution in [0.3, 0.4) is 0 Å². The topological polar surface area (TPSA) is 73.6 Å². The molecule has 0 heterocycles. The van der Waals surface area contributed by atoms with E-state index >= 15 is 0 Å². The normalized spacial score (nSPS) is 9.61. The number of hydrogen-bond donors (Lipinski definition) is 2. The zero-order valence-electron chi connectivity index (χ0n) is 10.3. The molecule has 0 saturated carbocycles. The number of nitrogens with two attached hydrogens (primary N) is 1. The molecule has 3 N–H and O–H groups in total. The third kappa shape index (κ3) is 6.44. The molecular formula is C12H19ClN2O3. The predicted octanol–water partition coefficient (Wildman–Crippen LogP) is 1.68. The van der Waals surface area contributed by atoms with Gasteiger partial charge in [0.25, 0.3) is 0 Å². The summed E-state index contributed by atoms with van der Waals surface area (Å²) in [5.41, 5.74) is 6.83. The summed E-state index contributed by atoms with van der Waals surface area (Å²) in [6, 6.07) is 7.09. The summed E-state index contributed by atoms with van der Waals surface area (Å²) < 4.78 is 10.2. The lowest BCUT2D eigenvalue weighted by Gasteiger charge is -2.08. The number of nitrogen functional groups attached to an aromatic ring is 1. The van der Waals surface area contributed by atoms with Crippen molar-refractivity contribution in [3.8, 4) is 0 Å². The van der Waals surface area contributed by atoms with E-state index in [1.807, 2.05) is 19.1 Å². The van der Waals surface area contributed by atoms with E-state index < -0.39 is 0 Å². The Morgan fingerprint density at radius 1 is 1.28 bits per heavy atom. The Morgan fingerprint density at radius 3 is 2.61 bits per heavy atom. The Hall–Kier alpha value is -1.30. The average Bonchev–Trinajstić information content (AvgIpc) is 2.32. The van der Waals surface area contributed by atoms with Gasteiger partial charge in [-0.3, -0.25) is 4.79 Å². The predicted molar refractivity (Wildman–Crippen MR) is 74.0 cm³/mol. The summed E-state index contributed by atoms with van der Waals surface area (Å²) in [5.74, 6) is -0.223. The Kier molecular flexibility index (Phi) is 9.00. The summed E-state index contributed by atoms with van der Waals surface area (Å²) in [6.45, 7) is 3.46. The first-order valence-electron chi connectivity index (χ1n) is 5.54. The Bertz CT molecular complexity index is 361. The quantitative estimate of drug-likeness (QED) is 0.586. The minimum atomic E-state index is -0.223. The molecule has 1 rings (SSSR count). The van der Waals surface area contributed by atoms with Crippen molar-refractivity contribution in [3.63, 3.8) is 0 Å². The number of nitrogens with one attached hydrogen (secondary N) is 1. The molecule has 0 bridgehead atoms. The SMILES string of the molecule is CCOCCOCC(=O)Nc1ccccc1N.Cl. The molecule has 0 spiro atoms. The van der Waals surface area contributed by atoms with Gasteiger partial charge in [0.2, 0.25) is 5.91 Å². The number of rotatable bonds is 7. The smallest absolute Gasteiger partial charge is 0.250 e. The largest absolute Gasteiger partial charge is 0.397 e. The molecule has 0 saturated heterocycles. The maximum Gasteiger partial charge on any atom is 0.250 e. The van der Waals surface area contributed by atoms with E-state index in [1.54, 1.807) is 12.1 Å². The summed E-state index contributed by atoms with van der Waals surface area (Å²) >= 11 is 0. The molecule has 0 atom stereocenters. The van der Waals surface area contributed by atoms with Gasteiger partial charge in [-0.05, 0) is 19.1 Å². The Balaban J connectivity index is 0.00000289. The van der Waals surface area contributed by atoms with Crippen molar-refractivity contribution in [3.05, 3.63) is 24.3 Å². The zero-order chi connectivity index (χ0) is 12.5. The van der Waals surface area contributed by atoms with Crippen molar-refractivity contribution in [2.24, 2.45) is 0 Å². The van der Waals surface area contributed by atoms with E-state index in [0.29, 0.717) is 31.2 Å². The van der Waals surface area contributed by atoms with Gasteiger partial charge in [0.05, 0.1) is 24.6 Å². The maximum atomic E-state index is 11.5. The second kappa shape index (κ2) is 9.70. The molecule has 0 aromatic heterocycles. The van der Waals surface area contributed by atoms with Gasteiger partial charge in [-0.1, -0.05) is 12.1 Å². The van der Waals surface area contributed by atoms with Crippen LogP contribution in [0, 0.1) is 0 Å². The fourth-order valence-electron chi connectivity index (χ4n) is 1.22. The second-order valence-electron chi connectivity index (χ2n) is 3.38. The van der Waals surface area contributed by atoms with Gasteiger partial charge >= 0.3 is 0 Å². The van der Waals surface area contributed by atoms with Crippen LogP contribution >= 0.6 is 12.4 Å². The minimum absolute atomic E-state index is 0. The van der Waals surface area contributed by atoms with E-state index in [9.17, 15) is 4.79 Å². The number of halogens is 1. The van der Waals surface area contributed by atoms with Crippen molar-refractivity contribution in [1.82, 2.24) is 0 Å². The molecule has 0 unspecified atom stereocenters. The lowest BCUT2D eigenvalue weighted by molar-refractivity contribution is -0.121. The Labute approximate surface area is 113 Å². The van der Waals surface area contributed by atoms with Crippen LogP contribution in [0.2, 0.25) is 0 Å². The molecule has 6 heteroatoms. The molecule has 0 aliphatic carbocycles. The van der Waals surface area contributed by atoms with Crippen LogP contribution in [0.15, 0.2) is 24.3 Å². The fraction of sp³-hybridized carbons (Fsp3) is 0.417. The van der Waals surface area contributed by atoms with Gasteiger partial charge < -0.3 is 20.5 Å². The summed E-state index contributed by atoms with van der Waals surface area (Å²) in [6.07, 6.45) is 0. The van der Waals surface area contributed by atoms with Crippen molar-refractivity contribution >= 4 is 29.7 Å². The summed E-state index contributed by atoms with van der Waals surface area (Å²) in [4.78, 5) is 11.5. The first kappa shape index (κ1) is 16.7. The third-order valence-corrected chi connectivity index (χ3v) is 2.04. The second-order valence-corrected chi connectivity index (χ2v) is 3.38. The molecule has 0 radical (unpaired) electrons. The molecule has 102 valence electrons. The van der Waals surface area contributed by atoms with Gasteiger partial charge in [-0.15, -0.1) is 12.4 Å². The number of amides is 1. The first-order chi connectivity index (χ1) is 8.24. The Morgan fingerprint density at radius 2 is 1.94 bits per heavy atom. The van der Waals surface area contributed by atoms with Crippen molar-refractivity contribution in [2.75, 3.05) is 37.5 Å². The number of ether oxygens (including phenoxy) is 2. The lowest BCUT2D eigenvalue weighted by atomic mass is 10.3. The van der Waals surface area contributed by atoms with E-state index in [-0.39, 0.29) is 24.9 Å². The number of anilines is 2. The van der Waals surface area contributed by atoms with Crippen LogP contribution in [0.5, 0.6) is 0 Å². The number of carbonyl (C=O) groups is 1. The monoisotopic (exact) mass is 274 g/mol. The van der Waals surface area contributed by atoms with Crippen LogP contribution in [0.25, 0.3) is 0 Å². The summed E-state index contributed by atoms with van der Waals surface area (Å²) in [5, 5.41) is 2.67. The van der Waals surface area contributed by atoms with Crippen molar-refractivity contribution < 1.29 is 14.3 Å². The highest BCUT2D eigenvalue weighted by Gasteiger charge is 2.04. The van der Waals surface area contributed by atoms with Gasteiger partial charge in [-0.2, -0.15) is 0 Å². The van der Waals surface area contributed by atoms with Crippen molar-refractivity contribution in [1.29, 1.82) is 0 Å². The van der Waals surface area contributed by atoms with E-state index in [2.05, 4.69) is 5.32 Å². The lowest BCUT2D eigenvalue weighted by Crippen LogP contribution is -2.20. The van der Waals surface area contributed by atoms with Crippen LogP contribution in [-0.4, -0.2) is 32.3 Å². The maximum absolute atomic E-state index is 11.5. The standard InChI is InChI=1S/C12H18N2O3.ClH/c1-2-16-7-8-17-9-12(15)14-11-6-4-3-5-10(11)13;/h3-6H,2,7-9,13H2,1H3,(H,14,15);1H. The molecule has 0 aliphatic heterocycles. The van der Waals surface area contributed by atoms with Gasteiger partial charge in [-0.25, -0.2) is 0 Å². The van der Waals surface area contributed by atoms with E-state index in [4.69, 9.17) is 15.2 Å². The molecule has 1 aromatic carbocycles. The molecule has 0 fully saturated rings. The molecule has 1 amide bonds. The number of para-hydroxylation sites is 2. The zero-order valence-corrected chi connectivity index (χ0v) is 11.2. The van der Waals surface area contributed by atoms with Crippen LogP contribution in [0.1, 0.15) is 6.92 Å². The van der Waals surface area contributed by atoms with E-state index in [0.717, 1.165) is 0 Å². The number of benzene rings is 1. The molecule has 18 heavy (non-hydrogen) atoms. The first-order valence-corrected chi connectivity index (χ1v) is 5.54. The molecular weight excluding hydrogens is 256 g/mol. The van der Waals surface area contributed by atoms with Gasteiger partial charge in [0, 0.05) is 6.61 Å². The van der Waals surface area contributed by atoms with Gasteiger partial charge in [0.1, 0.15) is 6.61 Å². The average molecular weight is 275 g/mol. The highest BCUT2D eigenvalue weighted by Crippen LogP contribution is 2.16. The van der Waals surface area contributed by atoms with Crippen molar-refractivity contribution in [2.45, 2.75) is 6.92 Å². The molecule has 5 nitrogen and oxygen atoms in total. The number of hydrogen-bond acceptors (Lipinski definition) is 4. The van der Waals surface area contributed by atoms with Crippen LogP contribution in [0.4, 0.5) is 11.4 Å². The highest BCUT2D eigenvalue weighted by atomic mass is 35.5. The highest BCUT2D eigenvalue weighted by molar-refractivity contribution is 5.94. The van der Waals surface area contributed by atoms with Gasteiger partial charge in [0.15, 0.2) is 0 Å². The number of carbonyl (C=O) groups excluding carboxylic acids is 1. The molecule has 1 aromatic rings. The third-order valence-electron chi connectivity index (χ3n) is 2.04. The molecule has 0 aliphatic rings. The minimum Gasteiger partial charge on any atom is -0.397 e.